The van der Waals surface area contributed by atoms with Gasteiger partial charge in [-0.05, 0) is 19.3 Å². The minimum atomic E-state index is -0.283. The number of hydrogen-bond acceptors (Lipinski definition) is 2. The van der Waals surface area contributed by atoms with Crippen LogP contribution in [-0.2, 0) is 9.53 Å². The van der Waals surface area contributed by atoms with Crippen molar-refractivity contribution < 1.29 is 9.53 Å². The van der Waals surface area contributed by atoms with Crippen LogP contribution in [0.15, 0.2) is 12.2 Å². The van der Waals surface area contributed by atoms with Gasteiger partial charge in [0.2, 0.25) is 5.91 Å². The van der Waals surface area contributed by atoms with Gasteiger partial charge in [-0.2, -0.15) is 0 Å². The summed E-state index contributed by atoms with van der Waals surface area (Å²) in [6.07, 6.45) is 7.52. The SMILES string of the molecule is O=C(N1CCCC1)C12C=CC(C1)OC2. The van der Waals surface area contributed by atoms with E-state index in [9.17, 15) is 4.79 Å². The van der Waals surface area contributed by atoms with Crippen molar-refractivity contribution in [3.8, 4) is 0 Å². The molecule has 0 radical (unpaired) electrons. The highest BCUT2D eigenvalue weighted by molar-refractivity contribution is 5.86. The third kappa shape index (κ3) is 1.05. The van der Waals surface area contributed by atoms with E-state index in [1.807, 2.05) is 11.0 Å². The molecule has 2 bridgehead atoms. The summed E-state index contributed by atoms with van der Waals surface area (Å²) in [5, 5.41) is 0. The molecule has 0 aromatic rings. The van der Waals surface area contributed by atoms with E-state index >= 15 is 0 Å². The van der Waals surface area contributed by atoms with Crippen LogP contribution < -0.4 is 0 Å². The number of amides is 1. The van der Waals surface area contributed by atoms with Crippen molar-refractivity contribution in [2.45, 2.75) is 25.4 Å². The van der Waals surface area contributed by atoms with E-state index in [-0.39, 0.29) is 11.5 Å². The molecule has 0 aromatic heterocycles. The zero-order valence-electron chi connectivity index (χ0n) is 8.24. The smallest absolute Gasteiger partial charge is 0.235 e. The summed E-state index contributed by atoms with van der Waals surface area (Å²) in [6, 6.07) is 0. The maximum atomic E-state index is 12.2. The highest BCUT2D eigenvalue weighted by Crippen LogP contribution is 2.42. The molecule has 3 nitrogen and oxygen atoms in total. The van der Waals surface area contributed by atoms with E-state index in [0.29, 0.717) is 12.5 Å². The van der Waals surface area contributed by atoms with E-state index in [4.69, 9.17) is 4.74 Å². The van der Waals surface area contributed by atoms with E-state index in [1.54, 1.807) is 0 Å². The number of nitrogens with zero attached hydrogens (tertiary/aromatic N) is 1. The molecule has 1 aliphatic carbocycles. The van der Waals surface area contributed by atoms with Gasteiger partial charge in [0.05, 0.1) is 18.1 Å². The van der Waals surface area contributed by atoms with Crippen LogP contribution in [0.4, 0.5) is 0 Å². The highest BCUT2D eigenvalue weighted by Gasteiger charge is 2.49. The maximum absolute atomic E-state index is 12.2. The van der Waals surface area contributed by atoms with Crippen molar-refractivity contribution in [2.75, 3.05) is 19.7 Å². The quantitative estimate of drug-likeness (QED) is 0.580. The summed E-state index contributed by atoms with van der Waals surface area (Å²) in [4.78, 5) is 14.2. The van der Waals surface area contributed by atoms with E-state index in [2.05, 4.69) is 6.08 Å². The molecular weight excluding hydrogens is 178 g/mol. The summed E-state index contributed by atoms with van der Waals surface area (Å²) in [7, 11) is 0. The second kappa shape index (κ2) is 2.83. The van der Waals surface area contributed by atoms with Crippen molar-refractivity contribution in [3.05, 3.63) is 12.2 Å². The molecule has 0 N–H and O–H groups in total. The third-order valence-electron chi connectivity index (χ3n) is 3.57. The van der Waals surface area contributed by atoms with Gasteiger partial charge in [0, 0.05) is 13.1 Å². The van der Waals surface area contributed by atoms with Crippen LogP contribution in [0.3, 0.4) is 0 Å². The second-order valence-electron chi connectivity index (χ2n) is 4.57. The molecule has 2 saturated heterocycles. The first-order chi connectivity index (χ1) is 6.80. The summed E-state index contributed by atoms with van der Waals surface area (Å²) >= 11 is 0. The molecule has 0 spiro atoms. The predicted octanol–water partition coefficient (Wildman–Crippen LogP) is 0.954. The molecule has 2 aliphatic heterocycles. The molecule has 0 aromatic carbocycles. The lowest BCUT2D eigenvalue weighted by Gasteiger charge is -2.27. The standard InChI is InChI=1S/C11H15NO2/c13-10(12-5-1-2-6-12)11-4-3-9(7-11)14-8-11/h3-4,9H,1-2,5-8H2. The maximum Gasteiger partial charge on any atom is 0.235 e. The lowest BCUT2D eigenvalue weighted by atomic mass is 9.88. The van der Waals surface area contributed by atoms with Gasteiger partial charge in [0.15, 0.2) is 0 Å². The summed E-state index contributed by atoms with van der Waals surface area (Å²) in [5.41, 5.74) is -0.283. The van der Waals surface area contributed by atoms with Gasteiger partial charge in [-0.1, -0.05) is 12.2 Å². The molecule has 1 amide bonds. The molecule has 2 atom stereocenters. The predicted molar refractivity (Wildman–Crippen MR) is 51.7 cm³/mol. The molecule has 2 unspecified atom stereocenters. The average Bonchev–Trinajstić information content (AvgIpc) is 2.94. The fourth-order valence-electron chi connectivity index (χ4n) is 2.72. The summed E-state index contributed by atoms with van der Waals surface area (Å²) in [6.45, 7) is 2.49. The molecule has 3 rings (SSSR count). The fourth-order valence-corrected chi connectivity index (χ4v) is 2.72. The van der Waals surface area contributed by atoms with Crippen molar-refractivity contribution >= 4 is 5.91 Å². The molecule has 14 heavy (non-hydrogen) atoms. The number of likely N-dealkylation sites (tertiary alicyclic amines) is 1. The third-order valence-corrected chi connectivity index (χ3v) is 3.57. The fraction of sp³-hybridized carbons (Fsp3) is 0.727. The Bertz CT molecular complexity index is 294. The second-order valence-corrected chi connectivity index (χ2v) is 4.57. The largest absolute Gasteiger partial charge is 0.373 e. The molecule has 3 aliphatic rings. The number of carbonyl (C=O) groups excluding carboxylic acids is 1. The van der Waals surface area contributed by atoms with E-state index < -0.39 is 0 Å². The van der Waals surface area contributed by atoms with Gasteiger partial charge in [0.25, 0.3) is 0 Å². The molecule has 3 heteroatoms. The Kier molecular flexibility index (Phi) is 1.71. The van der Waals surface area contributed by atoms with Crippen molar-refractivity contribution in [1.29, 1.82) is 0 Å². The summed E-state index contributed by atoms with van der Waals surface area (Å²) in [5.74, 6) is 0.297. The van der Waals surface area contributed by atoms with Gasteiger partial charge in [-0.3, -0.25) is 4.79 Å². The number of carbonyl (C=O) groups is 1. The van der Waals surface area contributed by atoms with Crippen molar-refractivity contribution in [2.24, 2.45) is 5.41 Å². The Morgan fingerprint density at radius 3 is 2.71 bits per heavy atom. The lowest BCUT2D eigenvalue weighted by Crippen LogP contribution is -2.41. The Balaban J connectivity index is 1.81. The molecular formula is C11H15NO2. The monoisotopic (exact) mass is 193 g/mol. The van der Waals surface area contributed by atoms with Gasteiger partial charge >= 0.3 is 0 Å². The number of ether oxygens (including phenoxy) is 1. The zero-order valence-corrected chi connectivity index (χ0v) is 8.24. The Morgan fingerprint density at radius 1 is 1.43 bits per heavy atom. The van der Waals surface area contributed by atoms with Crippen LogP contribution in [0.1, 0.15) is 19.3 Å². The van der Waals surface area contributed by atoms with Gasteiger partial charge in [-0.15, -0.1) is 0 Å². The Labute approximate surface area is 83.7 Å². The van der Waals surface area contributed by atoms with Crippen molar-refractivity contribution in [3.63, 3.8) is 0 Å². The van der Waals surface area contributed by atoms with Crippen LogP contribution in [0, 0.1) is 5.41 Å². The Morgan fingerprint density at radius 2 is 2.21 bits per heavy atom. The van der Waals surface area contributed by atoms with Crippen LogP contribution in [0.2, 0.25) is 0 Å². The van der Waals surface area contributed by atoms with Crippen LogP contribution >= 0.6 is 0 Å². The molecule has 76 valence electrons. The first-order valence-electron chi connectivity index (χ1n) is 5.41. The molecule has 2 heterocycles. The Hall–Kier alpha value is -0.830. The lowest BCUT2D eigenvalue weighted by molar-refractivity contribution is -0.138. The number of fused-ring (bicyclic) bond motifs is 2. The van der Waals surface area contributed by atoms with Crippen LogP contribution in [0.25, 0.3) is 0 Å². The van der Waals surface area contributed by atoms with Gasteiger partial charge < -0.3 is 9.64 Å². The normalized spacial score (nSPS) is 39.7. The molecule has 2 fully saturated rings. The van der Waals surface area contributed by atoms with Gasteiger partial charge in [0.1, 0.15) is 0 Å². The minimum Gasteiger partial charge on any atom is -0.373 e. The number of rotatable bonds is 1. The van der Waals surface area contributed by atoms with Crippen LogP contribution in [0.5, 0.6) is 0 Å². The van der Waals surface area contributed by atoms with Crippen molar-refractivity contribution in [1.82, 2.24) is 4.90 Å². The average molecular weight is 193 g/mol. The topological polar surface area (TPSA) is 29.5 Å². The number of hydrogen-bond donors (Lipinski definition) is 0. The minimum absolute atomic E-state index is 0.210. The first kappa shape index (κ1) is 8.48. The first-order valence-corrected chi connectivity index (χ1v) is 5.41. The highest BCUT2D eigenvalue weighted by atomic mass is 16.5. The van der Waals surface area contributed by atoms with E-state index in [1.165, 1.54) is 0 Å². The van der Waals surface area contributed by atoms with E-state index in [0.717, 1.165) is 32.4 Å². The summed E-state index contributed by atoms with van der Waals surface area (Å²) < 4.78 is 5.50. The van der Waals surface area contributed by atoms with Crippen LogP contribution in [-0.4, -0.2) is 36.6 Å². The molecule has 0 saturated carbocycles. The zero-order chi connectivity index (χ0) is 9.60. The van der Waals surface area contributed by atoms with Gasteiger partial charge in [-0.25, -0.2) is 0 Å².